The molecule has 3 N–H and O–H groups in total. The Morgan fingerprint density at radius 3 is 2.60 bits per heavy atom. The smallest absolute Gasteiger partial charge is 0.272 e. The average Bonchev–Trinajstić information content (AvgIpc) is 2.58. The number of nitrogens with one attached hydrogen (secondary N) is 1. The van der Waals surface area contributed by atoms with E-state index < -0.39 is 16.6 Å². The van der Waals surface area contributed by atoms with Crippen LogP contribution in [0.2, 0.25) is 0 Å². The first-order chi connectivity index (χ1) is 11.8. The fourth-order valence-electron chi connectivity index (χ4n) is 2.03. The van der Waals surface area contributed by atoms with E-state index in [0.29, 0.717) is 11.3 Å². The van der Waals surface area contributed by atoms with Crippen LogP contribution in [-0.2, 0) is 0 Å². The monoisotopic (exact) mass is 346 g/mol. The number of nitrogens with two attached hydrogens (primary N) is 1. The highest BCUT2D eigenvalue weighted by atomic mass is 19.1. The van der Waals surface area contributed by atoms with Crippen molar-refractivity contribution in [1.29, 1.82) is 0 Å². The van der Waals surface area contributed by atoms with E-state index in [9.17, 15) is 19.3 Å². The van der Waals surface area contributed by atoms with Gasteiger partial charge in [-0.1, -0.05) is 0 Å². The van der Waals surface area contributed by atoms with Crippen molar-refractivity contribution in [2.45, 2.75) is 6.92 Å². The number of hydrogen-bond acceptors (Lipinski definition) is 6. The van der Waals surface area contributed by atoms with Gasteiger partial charge in [-0.25, -0.2) is 9.82 Å². The van der Waals surface area contributed by atoms with Crippen LogP contribution in [0.25, 0.3) is 0 Å². The first-order valence-electron chi connectivity index (χ1n) is 7.05. The molecule has 0 bridgehead atoms. The molecule has 0 aliphatic heterocycles. The number of nitrogen functional groups attached to an aromatic ring is 1. The Kier molecular flexibility index (Phi) is 5.28. The van der Waals surface area contributed by atoms with Crippen LogP contribution in [0, 0.1) is 15.9 Å². The summed E-state index contributed by atoms with van der Waals surface area (Å²) in [5.74, 6) is -1.15. The number of benzene rings is 2. The highest BCUT2D eigenvalue weighted by Gasteiger charge is 2.13. The molecule has 9 heteroatoms. The lowest BCUT2D eigenvalue weighted by atomic mass is 10.1. The Morgan fingerprint density at radius 1 is 1.28 bits per heavy atom. The molecule has 0 saturated carbocycles. The number of nitro groups is 1. The number of halogens is 1. The van der Waals surface area contributed by atoms with Gasteiger partial charge in [0.1, 0.15) is 0 Å². The number of carbonyl (C=O) groups is 1. The zero-order valence-corrected chi connectivity index (χ0v) is 13.4. The molecule has 2 aromatic carbocycles. The third-order valence-corrected chi connectivity index (χ3v) is 3.31. The molecular formula is C16H15FN4O4. The number of rotatable bonds is 5. The summed E-state index contributed by atoms with van der Waals surface area (Å²) in [6, 6.07) is 7.76. The van der Waals surface area contributed by atoms with Gasteiger partial charge in [-0.2, -0.15) is 5.10 Å². The standard InChI is InChI=1S/C16H15FN4O4/c1-9(10-3-4-15(25-2)14(17)7-10)19-20-16(22)11-5-12(18)8-13(6-11)21(23)24/h3-8H,18H2,1-2H3,(H,20,22)/b19-9-. The number of carbonyl (C=O) groups excluding carboxylic acids is 1. The van der Waals surface area contributed by atoms with E-state index in [4.69, 9.17) is 10.5 Å². The summed E-state index contributed by atoms with van der Waals surface area (Å²) in [7, 11) is 1.35. The molecule has 2 aromatic rings. The zero-order valence-electron chi connectivity index (χ0n) is 13.4. The number of non-ortho nitro benzene ring substituents is 1. The molecule has 2 rings (SSSR count). The zero-order chi connectivity index (χ0) is 18.6. The van der Waals surface area contributed by atoms with Crippen LogP contribution in [-0.4, -0.2) is 23.7 Å². The van der Waals surface area contributed by atoms with Gasteiger partial charge in [0, 0.05) is 23.4 Å². The molecule has 0 spiro atoms. The summed E-state index contributed by atoms with van der Waals surface area (Å²) in [4.78, 5) is 22.2. The van der Waals surface area contributed by atoms with E-state index in [0.717, 1.165) is 12.1 Å². The van der Waals surface area contributed by atoms with Crippen molar-refractivity contribution in [3.63, 3.8) is 0 Å². The summed E-state index contributed by atoms with van der Waals surface area (Å²) in [5.41, 5.74) is 8.36. The van der Waals surface area contributed by atoms with E-state index in [2.05, 4.69) is 10.5 Å². The second-order valence-corrected chi connectivity index (χ2v) is 5.06. The molecule has 130 valence electrons. The van der Waals surface area contributed by atoms with E-state index in [1.165, 1.54) is 25.3 Å². The predicted octanol–water partition coefficient (Wildman–Crippen LogP) is 2.48. The Balaban J connectivity index is 2.19. The van der Waals surface area contributed by atoms with Gasteiger partial charge in [-0.15, -0.1) is 0 Å². The van der Waals surface area contributed by atoms with Crippen molar-refractivity contribution in [3.05, 3.63) is 63.5 Å². The molecule has 0 atom stereocenters. The summed E-state index contributed by atoms with van der Waals surface area (Å²) in [5, 5.41) is 14.7. The lowest BCUT2D eigenvalue weighted by molar-refractivity contribution is -0.384. The normalized spacial score (nSPS) is 11.1. The first kappa shape index (κ1) is 17.9. The third kappa shape index (κ3) is 4.28. The maximum Gasteiger partial charge on any atom is 0.272 e. The van der Waals surface area contributed by atoms with Gasteiger partial charge in [-0.05, 0) is 31.2 Å². The Hall–Kier alpha value is -3.49. The minimum atomic E-state index is -0.677. The Bertz CT molecular complexity index is 867. The van der Waals surface area contributed by atoms with E-state index in [-0.39, 0.29) is 22.7 Å². The van der Waals surface area contributed by atoms with Crippen LogP contribution in [0.5, 0.6) is 5.75 Å². The fraction of sp³-hybridized carbons (Fsp3) is 0.125. The van der Waals surface area contributed by atoms with Crippen LogP contribution < -0.4 is 15.9 Å². The molecule has 0 aliphatic carbocycles. The van der Waals surface area contributed by atoms with Crippen LogP contribution in [0.1, 0.15) is 22.8 Å². The van der Waals surface area contributed by atoms with Crippen LogP contribution in [0.3, 0.4) is 0 Å². The average molecular weight is 346 g/mol. The highest BCUT2D eigenvalue weighted by molar-refractivity contribution is 6.01. The molecule has 0 saturated heterocycles. The van der Waals surface area contributed by atoms with Gasteiger partial charge < -0.3 is 10.5 Å². The molecule has 1 amide bonds. The van der Waals surface area contributed by atoms with Gasteiger partial charge in [-0.3, -0.25) is 14.9 Å². The summed E-state index contributed by atoms with van der Waals surface area (Å²) in [6.07, 6.45) is 0. The van der Waals surface area contributed by atoms with Crippen molar-refractivity contribution in [2.75, 3.05) is 12.8 Å². The topological polar surface area (TPSA) is 120 Å². The first-order valence-corrected chi connectivity index (χ1v) is 7.05. The van der Waals surface area contributed by atoms with Crippen molar-refractivity contribution in [3.8, 4) is 5.75 Å². The molecule has 0 radical (unpaired) electrons. The number of methoxy groups -OCH3 is 1. The van der Waals surface area contributed by atoms with E-state index in [1.54, 1.807) is 13.0 Å². The number of anilines is 1. The predicted molar refractivity (Wildman–Crippen MR) is 90.1 cm³/mol. The quantitative estimate of drug-likeness (QED) is 0.373. The molecule has 0 fully saturated rings. The van der Waals surface area contributed by atoms with Crippen LogP contribution in [0.15, 0.2) is 41.5 Å². The van der Waals surface area contributed by atoms with E-state index >= 15 is 0 Å². The lowest BCUT2D eigenvalue weighted by Gasteiger charge is -2.06. The number of ether oxygens (including phenoxy) is 1. The number of hydrogen-bond donors (Lipinski definition) is 2. The Labute approximate surface area is 142 Å². The van der Waals surface area contributed by atoms with Gasteiger partial charge >= 0.3 is 0 Å². The van der Waals surface area contributed by atoms with Crippen molar-refractivity contribution in [2.24, 2.45) is 5.10 Å². The second-order valence-electron chi connectivity index (χ2n) is 5.06. The third-order valence-electron chi connectivity index (χ3n) is 3.31. The molecule has 0 heterocycles. The van der Waals surface area contributed by atoms with Crippen LogP contribution in [0.4, 0.5) is 15.8 Å². The minimum absolute atomic E-state index is 0.0100. The fourth-order valence-corrected chi connectivity index (χ4v) is 2.03. The summed E-state index contributed by atoms with van der Waals surface area (Å²) in [6.45, 7) is 1.57. The van der Waals surface area contributed by atoms with Crippen LogP contribution >= 0.6 is 0 Å². The largest absolute Gasteiger partial charge is 0.494 e. The van der Waals surface area contributed by atoms with Gasteiger partial charge in [0.15, 0.2) is 11.6 Å². The summed E-state index contributed by atoms with van der Waals surface area (Å²) < 4.78 is 18.5. The highest BCUT2D eigenvalue weighted by Crippen LogP contribution is 2.19. The number of nitrogens with zero attached hydrogens (tertiary/aromatic N) is 2. The Morgan fingerprint density at radius 2 is 2.00 bits per heavy atom. The summed E-state index contributed by atoms with van der Waals surface area (Å²) >= 11 is 0. The number of amides is 1. The van der Waals surface area contributed by atoms with Gasteiger partial charge in [0.2, 0.25) is 0 Å². The van der Waals surface area contributed by atoms with E-state index in [1.807, 2.05) is 0 Å². The maximum absolute atomic E-state index is 13.7. The second kappa shape index (κ2) is 7.39. The van der Waals surface area contributed by atoms with Gasteiger partial charge in [0.05, 0.1) is 23.3 Å². The van der Waals surface area contributed by atoms with Gasteiger partial charge in [0.25, 0.3) is 11.6 Å². The molecule has 0 aliphatic rings. The molecule has 8 nitrogen and oxygen atoms in total. The molecular weight excluding hydrogens is 331 g/mol. The number of nitro benzene ring substituents is 1. The lowest BCUT2D eigenvalue weighted by Crippen LogP contribution is -2.19. The molecule has 0 aromatic heterocycles. The van der Waals surface area contributed by atoms with Crippen molar-refractivity contribution < 1.29 is 18.8 Å². The SMILES string of the molecule is COc1ccc(/C(C)=N\NC(=O)c2cc(N)cc([N+](=O)[O-])c2)cc1F. The molecule has 0 unspecified atom stereocenters. The van der Waals surface area contributed by atoms with Crippen molar-refractivity contribution in [1.82, 2.24) is 5.43 Å². The minimum Gasteiger partial charge on any atom is -0.494 e. The maximum atomic E-state index is 13.7. The number of hydrazone groups is 1. The molecule has 25 heavy (non-hydrogen) atoms. The van der Waals surface area contributed by atoms with Crippen molar-refractivity contribution >= 4 is 23.0 Å².